The molecule has 4 atom stereocenters. The van der Waals surface area contributed by atoms with Crippen LogP contribution in [0.4, 0.5) is 21.9 Å². The van der Waals surface area contributed by atoms with Crippen LogP contribution in [0.15, 0.2) is 76.8 Å². The first-order chi connectivity index (χ1) is 33.7. The molecule has 1 saturated heterocycles. The molecule has 0 aliphatic carbocycles. The molecule has 5 aliphatic rings. The minimum Gasteiger partial charge on any atom is -0.493 e. The van der Waals surface area contributed by atoms with E-state index < -0.39 is 18.4 Å². The number of aryl methyl sites for hydroxylation is 1. The summed E-state index contributed by atoms with van der Waals surface area (Å²) in [5, 5.41) is 14.9. The molecule has 1 fully saturated rings. The molecule has 5 heterocycles. The Balaban J connectivity index is 0.00000741. The second-order valence-corrected chi connectivity index (χ2v) is 18.8. The highest BCUT2D eigenvalue weighted by molar-refractivity contribution is 6.07. The Morgan fingerprint density at radius 2 is 1.49 bits per heavy atom. The molecule has 5 aliphatic heterocycles. The number of aliphatic hydroxyl groups excluding tert-OH is 1. The summed E-state index contributed by atoms with van der Waals surface area (Å²) in [6, 6.07) is 12.9. The van der Waals surface area contributed by atoms with E-state index >= 15 is 0 Å². The zero-order valence-electron chi connectivity index (χ0n) is 40.5. The zero-order valence-corrected chi connectivity index (χ0v) is 40.5. The maximum absolute atomic E-state index is 14.0. The van der Waals surface area contributed by atoms with Crippen LogP contribution in [0.25, 0.3) is 0 Å². The van der Waals surface area contributed by atoms with Gasteiger partial charge in [0.15, 0.2) is 23.5 Å². The molecule has 71 heavy (non-hydrogen) atoms. The average molecular weight is 975 g/mol. The van der Waals surface area contributed by atoms with Crippen molar-refractivity contribution in [3.63, 3.8) is 0 Å². The Labute approximate surface area is 415 Å². The van der Waals surface area contributed by atoms with E-state index in [1.165, 1.54) is 4.90 Å². The van der Waals surface area contributed by atoms with Gasteiger partial charge in [-0.1, -0.05) is 56.2 Å². The number of hydrogen-bond donors (Lipinski definition) is 2. The number of nitrogens with zero attached hydrogens (tertiary/aromatic N) is 5. The molecule has 378 valence electrons. The standard InChI is InChI=1S/C53H62N6O11.CH4/c1-32-20-38-27-55-42-25-47(46(67-5)24-40(42)50(63)57(38)29-32)69-19-11-7-10-18-68-45-26-43-41(22-34(45)3)51(64)58-30-33(2)21-44(58)52(65)59(43)53(66)70-31-36-13-15-37(16-14-36)54-28-39(60)12-8-6-9-17-56-48(61)23-35(4)49(56)62;/h13-16,20-22,24-27,35,38,44,52,54,65H,6-12,17-19,23,28-31H2,1-5H3;1H4/t35?,38-,44-,52-;/m0./s1. The number of carbonyl (C=O) groups excluding carboxylic acids is 6. The van der Waals surface area contributed by atoms with E-state index in [0.717, 1.165) is 28.9 Å². The summed E-state index contributed by atoms with van der Waals surface area (Å²) in [6.45, 7) is 9.48. The highest BCUT2D eigenvalue weighted by Crippen LogP contribution is 2.40. The van der Waals surface area contributed by atoms with Crippen molar-refractivity contribution in [2.24, 2.45) is 10.9 Å². The Hall–Kier alpha value is -7.01. The van der Waals surface area contributed by atoms with E-state index in [1.807, 2.05) is 26.8 Å². The van der Waals surface area contributed by atoms with Gasteiger partial charge in [-0.2, -0.15) is 0 Å². The van der Waals surface area contributed by atoms with Crippen molar-refractivity contribution in [2.45, 2.75) is 111 Å². The van der Waals surface area contributed by atoms with Crippen LogP contribution < -0.4 is 24.4 Å². The molecule has 0 aromatic heterocycles. The van der Waals surface area contributed by atoms with Gasteiger partial charge in [0.25, 0.3) is 11.8 Å². The molecular formula is C54H66N6O11. The van der Waals surface area contributed by atoms with E-state index in [2.05, 4.69) is 10.3 Å². The van der Waals surface area contributed by atoms with Gasteiger partial charge >= 0.3 is 6.09 Å². The largest absolute Gasteiger partial charge is 0.493 e. The number of methoxy groups -OCH3 is 1. The topological polar surface area (TPSA) is 197 Å². The van der Waals surface area contributed by atoms with Crippen molar-refractivity contribution in [1.29, 1.82) is 0 Å². The first-order valence-corrected chi connectivity index (χ1v) is 24.2. The number of benzene rings is 3. The number of amides is 5. The van der Waals surface area contributed by atoms with Gasteiger partial charge in [-0.3, -0.25) is 33.9 Å². The summed E-state index contributed by atoms with van der Waals surface area (Å²) in [4.78, 5) is 88.5. The number of likely N-dealkylation sites (tertiary alicyclic amines) is 1. The summed E-state index contributed by atoms with van der Waals surface area (Å²) in [5.41, 5.74) is 5.52. The van der Waals surface area contributed by atoms with Gasteiger partial charge in [-0.05, 0) is 88.3 Å². The minimum absolute atomic E-state index is 0. The lowest BCUT2D eigenvalue weighted by Crippen LogP contribution is -2.50. The molecular weight excluding hydrogens is 909 g/mol. The van der Waals surface area contributed by atoms with Crippen molar-refractivity contribution in [2.75, 3.05) is 56.7 Å². The first kappa shape index (κ1) is 51.8. The molecule has 2 N–H and O–H groups in total. The quantitative estimate of drug-likeness (QED) is 0.0631. The summed E-state index contributed by atoms with van der Waals surface area (Å²) in [6.07, 6.45) is 8.18. The molecule has 5 amide bonds. The fourth-order valence-corrected chi connectivity index (χ4v) is 9.49. The molecule has 0 radical (unpaired) electrons. The first-order valence-electron chi connectivity index (χ1n) is 24.2. The third-order valence-corrected chi connectivity index (χ3v) is 13.3. The van der Waals surface area contributed by atoms with Gasteiger partial charge < -0.3 is 39.2 Å². The number of ether oxygens (including phenoxy) is 4. The fourth-order valence-electron chi connectivity index (χ4n) is 9.49. The van der Waals surface area contributed by atoms with Crippen LogP contribution in [0, 0.1) is 12.8 Å². The molecule has 17 heteroatoms. The number of anilines is 2. The Morgan fingerprint density at radius 1 is 0.803 bits per heavy atom. The van der Waals surface area contributed by atoms with E-state index in [1.54, 1.807) is 84.7 Å². The number of rotatable bonds is 20. The van der Waals surface area contributed by atoms with Gasteiger partial charge in [0.1, 0.15) is 12.4 Å². The van der Waals surface area contributed by atoms with E-state index in [9.17, 15) is 33.9 Å². The number of Topliss-reactive ketones (excluding diaryl/α,β-unsaturated/α-hetero) is 1. The van der Waals surface area contributed by atoms with E-state index in [4.69, 9.17) is 18.9 Å². The number of carbonyl (C=O) groups is 6. The summed E-state index contributed by atoms with van der Waals surface area (Å²) < 4.78 is 23.8. The number of aliphatic imine (C=N–C) groups is 1. The Morgan fingerprint density at radius 3 is 2.21 bits per heavy atom. The lowest BCUT2D eigenvalue weighted by Gasteiger charge is -2.31. The smallest absolute Gasteiger partial charge is 0.416 e. The number of hydrogen-bond acceptors (Lipinski definition) is 13. The predicted molar refractivity (Wildman–Crippen MR) is 269 cm³/mol. The minimum atomic E-state index is -1.44. The van der Waals surface area contributed by atoms with Gasteiger partial charge in [0.05, 0.1) is 61.5 Å². The van der Waals surface area contributed by atoms with Crippen molar-refractivity contribution < 1.29 is 52.8 Å². The van der Waals surface area contributed by atoms with Crippen LogP contribution >= 0.6 is 0 Å². The van der Waals surface area contributed by atoms with Crippen molar-refractivity contribution in [3.05, 3.63) is 94.1 Å². The maximum Gasteiger partial charge on any atom is 0.416 e. The van der Waals surface area contributed by atoms with Gasteiger partial charge in [-0.25, -0.2) is 9.69 Å². The monoisotopic (exact) mass is 974 g/mol. The predicted octanol–water partition coefficient (Wildman–Crippen LogP) is 7.94. The van der Waals surface area contributed by atoms with E-state index in [-0.39, 0.29) is 79.6 Å². The van der Waals surface area contributed by atoms with Crippen LogP contribution in [0.1, 0.15) is 111 Å². The molecule has 1 unspecified atom stereocenters. The summed E-state index contributed by atoms with van der Waals surface area (Å²) in [5.74, 6) is 0.536. The van der Waals surface area contributed by atoms with Gasteiger partial charge in [-0.15, -0.1) is 0 Å². The third kappa shape index (κ3) is 11.6. The normalized spacial score (nSPS) is 20.0. The second kappa shape index (κ2) is 22.8. The van der Waals surface area contributed by atoms with E-state index in [0.29, 0.717) is 110 Å². The van der Waals surface area contributed by atoms with Crippen molar-refractivity contribution >= 4 is 58.8 Å². The number of aliphatic hydroxyl groups is 1. The number of unbranched alkanes of at least 4 members (excludes halogenated alkanes) is 4. The van der Waals surface area contributed by atoms with Crippen LogP contribution in [-0.4, -0.2) is 126 Å². The Bertz CT molecular complexity index is 2630. The SMILES string of the molecule is C.COc1cc2c(cc1OCCCCCOc1cc3c(cc1C)C(=O)N1CC(C)=C[C@H]1[C@H](O)N3C(=O)OCc1ccc(NCC(=O)CCCCCN3C(=O)CC(C)C3=O)cc1)N=C[C@@H]1C=C(C)CN1C2=O. The zero-order chi connectivity index (χ0) is 49.6. The molecule has 17 nitrogen and oxygen atoms in total. The lowest BCUT2D eigenvalue weighted by atomic mass is 10.1. The van der Waals surface area contributed by atoms with Crippen molar-refractivity contribution in [1.82, 2.24) is 14.7 Å². The van der Waals surface area contributed by atoms with Gasteiger partial charge in [0, 0.05) is 62.4 Å². The number of ketones is 1. The second-order valence-electron chi connectivity index (χ2n) is 18.8. The van der Waals surface area contributed by atoms with Crippen LogP contribution in [0.5, 0.6) is 17.2 Å². The molecule has 0 spiro atoms. The highest BCUT2D eigenvalue weighted by atomic mass is 16.6. The molecule has 0 saturated carbocycles. The fraction of sp³-hybridized carbons (Fsp3) is 0.463. The van der Waals surface area contributed by atoms with Gasteiger partial charge in [0.2, 0.25) is 11.8 Å². The maximum atomic E-state index is 14.0. The highest BCUT2D eigenvalue weighted by Gasteiger charge is 2.44. The summed E-state index contributed by atoms with van der Waals surface area (Å²) in [7, 11) is 1.54. The third-order valence-electron chi connectivity index (χ3n) is 13.3. The number of nitrogens with one attached hydrogen (secondary N) is 1. The molecule has 0 bridgehead atoms. The van der Waals surface area contributed by atoms with Crippen LogP contribution in [0.2, 0.25) is 0 Å². The van der Waals surface area contributed by atoms with Crippen LogP contribution in [-0.2, 0) is 25.7 Å². The number of fused-ring (bicyclic) bond motifs is 4. The average Bonchev–Trinajstić information content (AvgIpc) is 3.97. The van der Waals surface area contributed by atoms with Crippen LogP contribution in [0.3, 0.4) is 0 Å². The summed E-state index contributed by atoms with van der Waals surface area (Å²) >= 11 is 0. The Kier molecular flexibility index (Phi) is 16.7. The lowest BCUT2D eigenvalue weighted by molar-refractivity contribution is -0.139. The van der Waals surface area contributed by atoms with Crippen molar-refractivity contribution in [3.8, 4) is 17.2 Å². The molecule has 3 aromatic rings. The molecule has 8 rings (SSSR count). The molecule has 3 aromatic carbocycles. The number of imide groups is 1.